The van der Waals surface area contributed by atoms with Gasteiger partial charge in [-0.05, 0) is 39.9 Å². The van der Waals surface area contributed by atoms with E-state index in [0.717, 1.165) is 11.1 Å². The first-order chi connectivity index (χ1) is 30.5. The normalized spacial score (nSPS) is 15.6. The van der Waals surface area contributed by atoms with E-state index >= 15 is 0 Å². The number of para-hydroxylation sites is 1. The van der Waals surface area contributed by atoms with E-state index < -0.39 is 118 Å². The fraction of sp³-hybridized carbons (Fsp3) is 0. The second-order valence-corrected chi connectivity index (χ2v) is 10.9. The van der Waals surface area contributed by atoms with E-state index in [1.807, 2.05) is 60.7 Å². The van der Waals surface area contributed by atoms with Crippen LogP contribution in [0.15, 0.2) is 180 Å². The van der Waals surface area contributed by atoms with Crippen molar-refractivity contribution in [3.8, 4) is 67.5 Å². The summed E-state index contributed by atoms with van der Waals surface area (Å²) in [5.74, 6) is 0.243. The van der Waals surface area contributed by atoms with Crippen LogP contribution in [0.5, 0.6) is 0 Å². The Morgan fingerprint density at radius 3 is 1.61 bits per heavy atom. The summed E-state index contributed by atoms with van der Waals surface area (Å²) >= 11 is 0. The third-order valence-electron chi connectivity index (χ3n) is 7.83. The highest BCUT2D eigenvalue weighted by atomic mass is 16.3. The fourth-order valence-corrected chi connectivity index (χ4v) is 5.42. The third kappa shape index (κ3) is 5.45. The molecule has 0 aliphatic heterocycles. The summed E-state index contributed by atoms with van der Waals surface area (Å²) in [7, 11) is 0. The molecule has 9 rings (SSSR count). The largest absolute Gasteiger partial charge is 0.455 e. The van der Waals surface area contributed by atoms with Crippen molar-refractivity contribution in [2.24, 2.45) is 0 Å². The van der Waals surface area contributed by atoms with Gasteiger partial charge in [0.25, 0.3) is 0 Å². The third-order valence-corrected chi connectivity index (χ3v) is 7.83. The first kappa shape index (κ1) is 17.0. The lowest BCUT2D eigenvalue weighted by molar-refractivity contribution is 0.670. The average molecular weight is 643 g/mol. The van der Waals surface area contributed by atoms with Crippen LogP contribution in [-0.2, 0) is 0 Å². The molecule has 230 valence electrons. The Bertz CT molecular complexity index is 3380. The molecule has 0 saturated heterocycles. The molecule has 0 fully saturated rings. The number of furan rings is 1. The van der Waals surface area contributed by atoms with Crippen LogP contribution in [0.1, 0.15) is 20.6 Å². The first-order valence-corrected chi connectivity index (χ1v) is 15.1. The SMILES string of the molecule is [2H]c1c([2H])c([2H])c(-c2c([2H])c([2H])c(-c3c([2H])c([2H])c([2H])c4c3oc3c([2H])c(-c5nc(-c6ccccc6)nc(-c6ccc(-c7ccccc7)cc6)n5)c([2H])c([2H])c34)c([2H])c2[2H])c([2H])c1[2H]. The van der Waals surface area contributed by atoms with Crippen LogP contribution in [0.4, 0.5) is 0 Å². The highest BCUT2D eigenvalue weighted by molar-refractivity contribution is 6.10. The van der Waals surface area contributed by atoms with E-state index in [-0.39, 0.29) is 39.4 Å². The van der Waals surface area contributed by atoms with Crippen molar-refractivity contribution < 1.29 is 25.0 Å². The van der Waals surface area contributed by atoms with Gasteiger partial charge >= 0.3 is 0 Å². The monoisotopic (exact) mass is 642 g/mol. The summed E-state index contributed by atoms with van der Waals surface area (Å²) < 4.78 is 138. The lowest BCUT2D eigenvalue weighted by Crippen LogP contribution is -2.00. The molecule has 49 heavy (non-hydrogen) atoms. The van der Waals surface area contributed by atoms with E-state index in [2.05, 4.69) is 4.98 Å². The number of hydrogen-bond acceptors (Lipinski definition) is 4. The predicted octanol–water partition coefficient (Wildman–Crippen LogP) is 11.8. The van der Waals surface area contributed by atoms with Crippen molar-refractivity contribution in [3.63, 3.8) is 0 Å². The molecule has 0 N–H and O–H groups in total. The van der Waals surface area contributed by atoms with Crippen LogP contribution in [0.2, 0.25) is 0 Å². The minimum atomic E-state index is -0.827. The minimum Gasteiger partial charge on any atom is -0.455 e. The van der Waals surface area contributed by atoms with Crippen molar-refractivity contribution in [2.45, 2.75) is 0 Å². The molecular weight excluding hydrogens is 599 g/mol. The Morgan fingerprint density at radius 1 is 0.388 bits per heavy atom. The van der Waals surface area contributed by atoms with E-state index in [0.29, 0.717) is 11.1 Å². The summed E-state index contributed by atoms with van der Waals surface area (Å²) in [5, 5.41) is -0.551. The zero-order chi connectivity index (χ0) is 45.6. The van der Waals surface area contributed by atoms with Gasteiger partial charge in [0, 0.05) is 33.0 Å². The number of rotatable bonds is 6. The van der Waals surface area contributed by atoms with Crippen LogP contribution < -0.4 is 0 Å². The Morgan fingerprint density at radius 2 is 0.918 bits per heavy atom. The summed E-state index contributed by atoms with van der Waals surface area (Å²) in [4.78, 5) is 14.1. The molecule has 4 heteroatoms. The standard InChI is InChI=1S/C45H29N3O/c1-4-11-30(12-5-1)32-19-23-34(24-20-32)38-17-10-18-40-39-28-27-37(29-41(39)49-42(38)40)45-47-43(35-15-8-3-9-16-35)46-44(48-45)36-25-21-33(22-26-36)31-13-6-2-7-14-31/h1-29H/i1D,4D,5D,10D,11D,12D,17D,18D,19D,20D,23D,24D,27D,28D,29D. The van der Waals surface area contributed by atoms with Crippen molar-refractivity contribution in [2.75, 3.05) is 0 Å². The maximum Gasteiger partial charge on any atom is 0.164 e. The van der Waals surface area contributed by atoms with Gasteiger partial charge in [0.15, 0.2) is 17.5 Å². The van der Waals surface area contributed by atoms with Crippen molar-refractivity contribution in [1.29, 1.82) is 0 Å². The molecule has 0 radical (unpaired) electrons. The van der Waals surface area contributed by atoms with Gasteiger partial charge in [-0.2, -0.15) is 0 Å². The molecule has 0 atom stereocenters. The Labute approximate surface area is 305 Å². The number of benzene rings is 7. The lowest BCUT2D eigenvalue weighted by atomic mass is 9.99. The number of aromatic nitrogens is 3. The van der Waals surface area contributed by atoms with Gasteiger partial charge in [0.05, 0.1) is 20.6 Å². The Balaban J connectivity index is 1.29. The van der Waals surface area contributed by atoms with Gasteiger partial charge in [-0.25, -0.2) is 15.0 Å². The maximum absolute atomic E-state index is 9.47. The van der Waals surface area contributed by atoms with Gasteiger partial charge in [0.2, 0.25) is 0 Å². The van der Waals surface area contributed by atoms with Gasteiger partial charge in [-0.3, -0.25) is 0 Å². The highest BCUT2D eigenvalue weighted by Crippen LogP contribution is 2.38. The molecule has 0 amide bonds. The van der Waals surface area contributed by atoms with Crippen LogP contribution in [0.25, 0.3) is 89.5 Å². The van der Waals surface area contributed by atoms with Crippen molar-refractivity contribution in [1.82, 2.24) is 15.0 Å². The Hall–Kier alpha value is -6.65. The second kappa shape index (κ2) is 12.2. The van der Waals surface area contributed by atoms with Crippen molar-refractivity contribution >= 4 is 21.9 Å². The summed E-state index contributed by atoms with van der Waals surface area (Å²) in [5.41, 5.74) is -0.178. The predicted molar refractivity (Wildman–Crippen MR) is 200 cm³/mol. The zero-order valence-electron chi connectivity index (χ0n) is 40.3. The van der Waals surface area contributed by atoms with Crippen LogP contribution in [-0.4, -0.2) is 15.0 Å². The number of fused-ring (bicyclic) bond motifs is 3. The molecule has 0 saturated carbocycles. The van der Waals surface area contributed by atoms with E-state index in [9.17, 15) is 4.11 Å². The highest BCUT2D eigenvalue weighted by Gasteiger charge is 2.16. The number of hydrogen-bond donors (Lipinski definition) is 0. The van der Waals surface area contributed by atoms with Gasteiger partial charge in [0.1, 0.15) is 11.2 Å². The maximum atomic E-state index is 9.47. The minimum absolute atomic E-state index is 0.154. The van der Waals surface area contributed by atoms with E-state index in [1.54, 1.807) is 24.3 Å². The molecule has 0 aliphatic carbocycles. The quantitative estimate of drug-likeness (QED) is 0.181. The molecule has 0 aliphatic rings. The van der Waals surface area contributed by atoms with Gasteiger partial charge in [-0.1, -0.05) is 163 Å². The van der Waals surface area contributed by atoms with Crippen molar-refractivity contribution in [3.05, 3.63) is 176 Å². The molecule has 4 nitrogen and oxygen atoms in total. The molecule has 0 unspecified atom stereocenters. The number of nitrogens with zero attached hydrogens (tertiary/aromatic N) is 3. The molecule has 0 bridgehead atoms. The fourth-order valence-electron chi connectivity index (χ4n) is 5.42. The van der Waals surface area contributed by atoms with Crippen LogP contribution in [0, 0.1) is 0 Å². The van der Waals surface area contributed by atoms with Crippen LogP contribution in [0.3, 0.4) is 0 Å². The zero-order valence-corrected chi connectivity index (χ0v) is 25.3. The average Bonchev–Trinajstić information content (AvgIpc) is 3.72. The molecular formula is C45H29N3O. The smallest absolute Gasteiger partial charge is 0.164 e. The van der Waals surface area contributed by atoms with Crippen LogP contribution >= 0.6 is 0 Å². The van der Waals surface area contributed by atoms with Gasteiger partial charge < -0.3 is 4.42 Å². The van der Waals surface area contributed by atoms with E-state index in [1.165, 1.54) is 0 Å². The first-order valence-electron chi connectivity index (χ1n) is 22.6. The molecule has 9 aromatic rings. The molecule has 2 aromatic heterocycles. The van der Waals surface area contributed by atoms with E-state index in [4.69, 9.17) is 30.8 Å². The second-order valence-electron chi connectivity index (χ2n) is 10.9. The summed E-state index contributed by atoms with van der Waals surface area (Å²) in [6, 6.07) is 15.4. The van der Waals surface area contributed by atoms with Gasteiger partial charge in [-0.15, -0.1) is 0 Å². The summed E-state index contributed by atoms with van der Waals surface area (Å²) in [6.07, 6.45) is 0. The molecule has 0 spiro atoms. The Kier molecular flexibility index (Phi) is 4.21. The lowest BCUT2D eigenvalue weighted by Gasteiger charge is -2.09. The molecule has 2 heterocycles. The topological polar surface area (TPSA) is 51.8 Å². The summed E-state index contributed by atoms with van der Waals surface area (Å²) in [6.45, 7) is 0. The molecule has 7 aromatic carbocycles.